The van der Waals surface area contributed by atoms with Crippen molar-refractivity contribution in [3.05, 3.63) is 152 Å². The van der Waals surface area contributed by atoms with Gasteiger partial charge in [0.05, 0.1) is 22.4 Å². The molecule has 0 aliphatic carbocycles. The van der Waals surface area contributed by atoms with E-state index in [1.165, 1.54) is 54.8 Å². The quantitative estimate of drug-likeness (QED) is 0.224. The lowest BCUT2D eigenvalue weighted by atomic mass is 9.90. The summed E-state index contributed by atoms with van der Waals surface area (Å²) < 4.78 is 2.40. The standard InChI is InChI=1S/C39H25N3/c1-3-11-26(12-4-1)28-20-21-34-31(23-28)33-24-32-30-17-9-13-27-14-10-18-35(39(27)30)42(38-19-7-8-22-40-38)37(32)25-36(33)41(34)29-15-5-2-6-16-29/h1-25H. The van der Waals surface area contributed by atoms with Gasteiger partial charge in [-0.05, 0) is 76.7 Å². The van der Waals surface area contributed by atoms with Gasteiger partial charge in [-0.1, -0.05) is 91.0 Å². The number of fused-ring (bicyclic) bond motifs is 5. The highest BCUT2D eigenvalue weighted by Crippen LogP contribution is 2.52. The minimum Gasteiger partial charge on any atom is -0.309 e. The minimum atomic E-state index is 0.911. The molecule has 0 fully saturated rings. The summed E-state index contributed by atoms with van der Waals surface area (Å²) in [5.74, 6) is 0.911. The molecule has 6 aromatic carbocycles. The molecule has 0 atom stereocenters. The summed E-state index contributed by atoms with van der Waals surface area (Å²) in [4.78, 5) is 7.15. The minimum absolute atomic E-state index is 0.911. The van der Waals surface area contributed by atoms with Crippen LogP contribution in [0, 0.1) is 0 Å². The maximum absolute atomic E-state index is 4.83. The zero-order valence-electron chi connectivity index (χ0n) is 22.8. The van der Waals surface area contributed by atoms with Crippen LogP contribution >= 0.6 is 0 Å². The molecular formula is C39H25N3. The molecule has 0 spiro atoms. The van der Waals surface area contributed by atoms with Crippen molar-refractivity contribution in [2.24, 2.45) is 0 Å². The topological polar surface area (TPSA) is 21.1 Å². The summed E-state index contributed by atoms with van der Waals surface area (Å²) in [5, 5.41) is 4.97. The molecule has 0 saturated heterocycles. The molecule has 0 N–H and O–H groups in total. The average Bonchev–Trinajstić information content (AvgIpc) is 3.38. The van der Waals surface area contributed by atoms with Crippen molar-refractivity contribution in [2.75, 3.05) is 4.90 Å². The van der Waals surface area contributed by atoms with Gasteiger partial charge < -0.3 is 4.57 Å². The summed E-state index contributed by atoms with van der Waals surface area (Å²) in [6.07, 6.45) is 1.88. The first kappa shape index (κ1) is 23.1. The van der Waals surface area contributed by atoms with Gasteiger partial charge in [0.2, 0.25) is 0 Å². The summed E-state index contributed by atoms with van der Waals surface area (Å²) in [6, 6.07) is 52.3. The van der Waals surface area contributed by atoms with E-state index in [9.17, 15) is 0 Å². The summed E-state index contributed by atoms with van der Waals surface area (Å²) in [7, 11) is 0. The molecule has 2 aromatic heterocycles. The molecular weight excluding hydrogens is 510 g/mol. The van der Waals surface area contributed by atoms with Crippen molar-refractivity contribution in [1.82, 2.24) is 9.55 Å². The SMILES string of the molecule is c1ccc(-c2ccc3c(c2)c2cc4c(cc2n3-c2ccccc2)N(c2ccccn2)c2cccc3cccc-4c23)cc1. The Hall–Kier alpha value is -5.67. The van der Waals surface area contributed by atoms with Crippen LogP contribution in [0.15, 0.2) is 152 Å². The predicted molar refractivity (Wildman–Crippen MR) is 175 cm³/mol. The Morgan fingerprint density at radius 1 is 0.476 bits per heavy atom. The van der Waals surface area contributed by atoms with E-state index in [1.807, 2.05) is 12.3 Å². The van der Waals surface area contributed by atoms with E-state index in [1.54, 1.807) is 0 Å². The van der Waals surface area contributed by atoms with Crippen LogP contribution in [0.4, 0.5) is 17.2 Å². The van der Waals surface area contributed by atoms with Crippen LogP contribution < -0.4 is 4.90 Å². The second-order valence-electron chi connectivity index (χ2n) is 10.9. The Labute approximate surface area is 243 Å². The second kappa shape index (κ2) is 8.92. The molecule has 3 heterocycles. The van der Waals surface area contributed by atoms with E-state index in [-0.39, 0.29) is 0 Å². The predicted octanol–water partition coefficient (Wildman–Crippen LogP) is 10.4. The van der Waals surface area contributed by atoms with E-state index in [0.717, 1.165) is 22.9 Å². The molecule has 0 radical (unpaired) electrons. The first-order valence-corrected chi connectivity index (χ1v) is 14.3. The fourth-order valence-electron chi connectivity index (χ4n) is 6.72. The number of nitrogens with zero attached hydrogens (tertiary/aromatic N) is 3. The Morgan fingerprint density at radius 2 is 1.24 bits per heavy atom. The maximum Gasteiger partial charge on any atom is 0.137 e. The van der Waals surface area contributed by atoms with Crippen molar-refractivity contribution >= 4 is 49.8 Å². The molecule has 42 heavy (non-hydrogen) atoms. The third-order valence-electron chi connectivity index (χ3n) is 8.54. The summed E-state index contributed by atoms with van der Waals surface area (Å²) in [5.41, 5.74) is 10.7. The van der Waals surface area contributed by atoms with Gasteiger partial charge in [-0.3, -0.25) is 4.90 Å². The number of hydrogen-bond donors (Lipinski definition) is 0. The number of hydrogen-bond acceptors (Lipinski definition) is 2. The number of para-hydroxylation sites is 1. The van der Waals surface area contributed by atoms with Gasteiger partial charge in [-0.25, -0.2) is 4.98 Å². The highest BCUT2D eigenvalue weighted by atomic mass is 15.2. The monoisotopic (exact) mass is 535 g/mol. The van der Waals surface area contributed by atoms with Gasteiger partial charge in [-0.2, -0.15) is 0 Å². The van der Waals surface area contributed by atoms with Crippen LogP contribution in [-0.4, -0.2) is 9.55 Å². The van der Waals surface area contributed by atoms with Crippen LogP contribution in [0.2, 0.25) is 0 Å². The average molecular weight is 536 g/mol. The van der Waals surface area contributed by atoms with Crippen LogP contribution in [0.5, 0.6) is 0 Å². The Balaban J connectivity index is 1.43. The van der Waals surface area contributed by atoms with E-state index < -0.39 is 0 Å². The smallest absolute Gasteiger partial charge is 0.137 e. The number of pyridine rings is 1. The van der Waals surface area contributed by atoms with Crippen LogP contribution in [0.1, 0.15) is 0 Å². The van der Waals surface area contributed by atoms with Crippen molar-refractivity contribution in [2.45, 2.75) is 0 Å². The lowest BCUT2D eigenvalue weighted by Gasteiger charge is -2.33. The lowest BCUT2D eigenvalue weighted by molar-refractivity contribution is 1.16. The molecule has 3 heteroatoms. The number of aromatic nitrogens is 2. The highest BCUT2D eigenvalue weighted by molar-refractivity contribution is 6.19. The molecule has 196 valence electrons. The van der Waals surface area contributed by atoms with E-state index in [4.69, 9.17) is 4.98 Å². The molecule has 0 amide bonds. The van der Waals surface area contributed by atoms with Gasteiger partial charge in [0.25, 0.3) is 0 Å². The molecule has 3 nitrogen and oxygen atoms in total. The summed E-state index contributed by atoms with van der Waals surface area (Å²) >= 11 is 0. The zero-order valence-corrected chi connectivity index (χ0v) is 22.8. The van der Waals surface area contributed by atoms with Crippen LogP contribution in [-0.2, 0) is 0 Å². The number of benzene rings is 6. The summed E-state index contributed by atoms with van der Waals surface area (Å²) in [6.45, 7) is 0. The maximum atomic E-state index is 4.83. The van der Waals surface area contributed by atoms with Gasteiger partial charge in [0.15, 0.2) is 0 Å². The Morgan fingerprint density at radius 3 is 2.05 bits per heavy atom. The third-order valence-corrected chi connectivity index (χ3v) is 8.54. The van der Waals surface area contributed by atoms with Crippen LogP contribution in [0.25, 0.3) is 60.5 Å². The number of rotatable bonds is 3. The van der Waals surface area contributed by atoms with Crippen molar-refractivity contribution in [3.8, 4) is 27.9 Å². The molecule has 8 aromatic rings. The molecule has 0 saturated carbocycles. The molecule has 0 bridgehead atoms. The van der Waals surface area contributed by atoms with Crippen molar-refractivity contribution < 1.29 is 0 Å². The second-order valence-corrected chi connectivity index (χ2v) is 10.9. The lowest BCUT2D eigenvalue weighted by Crippen LogP contribution is -2.16. The first-order valence-electron chi connectivity index (χ1n) is 14.3. The fraction of sp³-hybridized carbons (Fsp3) is 0. The Kier molecular flexibility index (Phi) is 4.90. The normalized spacial score (nSPS) is 12.2. The molecule has 0 unspecified atom stereocenters. The van der Waals surface area contributed by atoms with E-state index >= 15 is 0 Å². The first-order chi connectivity index (χ1) is 20.8. The fourth-order valence-corrected chi connectivity index (χ4v) is 6.72. The molecule has 1 aliphatic rings. The van der Waals surface area contributed by atoms with Crippen molar-refractivity contribution in [1.29, 1.82) is 0 Å². The van der Waals surface area contributed by atoms with Crippen molar-refractivity contribution in [3.63, 3.8) is 0 Å². The Bertz CT molecular complexity index is 2280. The van der Waals surface area contributed by atoms with Gasteiger partial charge >= 0.3 is 0 Å². The largest absolute Gasteiger partial charge is 0.309 e. The van der Waals surface area contributed by atoms with Gasteiger partial charge in [-0.15, -0.1) is 0 Å². The molecule has 1 aliphatic heterocycles. The zero-order chi connectivity index (χ0) is 27.6. The van der Waals surface area contributed by atoms with Crippen LogP contribution in [0.3, 0.4) is 0 Å². The number of anilines is 3. The highest BCUT2D eigenvalue weighted by Gasteiger charge is 2.28. The van der Waals surface area contributed by atoms with Gasteiger partial charge in [0, 0.05) is 33.6 Å². The van der Waals surface area contributed by atoms with E-state index in [0.29, 0.717) is 0 Å². The van der Waals surface area contributed by atoms with E-state index in [2.05, 4.69) is 149 Å². The molecule has 9 rings (SSSR count). The third kappa shape index (κ3) is 3.31. The van der Waals surface area contributed by atoms with Gasteiger partial charge in [0.1, 0.15) is 5.82 Å².